The molecule has 2 N–H and O–H groups in total. The number of rotatable bonds is 4. The third-order valence-corrected chi connectivity index (χ3v) is 8.02. The average Bonchev–Trinajstić information content (AvgIpc) is 3.08. The van der Waals surface area contributed by atoms with Gasteiger partial charge in [-0.3, -0.25) is 10.1 Å². The molecule has 4 bridgehead atoms. The Balaban J connectivity index is 1.50. The molecule has 5 heteroatoms. The number of phenols is 1. The molecule has 2 aromatic carbocycles. The van der Waals surface area contributed by atoms with Gasteiger partial charge in [-0.25, -0.2) is 0 Å². The zero-order chi connectivity index (χ0) is 20.5. The van der Waals surface area contributed by atoms with E-state index in [4.69, 9.17) is 0 Å². The molecule has 0 unspecified atom stereocenters. The number of para-hydroxylation sites is 1. The van der Waals surface area contributed by atoms with Crippen LogP contribution >= 0.6 is 0 Å². The van der Waals surface area contributed by atoms with Crippen LogP contribution in [0.5, 0.6) is 5.75 Å². The number of H-pyrrole nitrogens is 1. The molecule has 7 rings (SSSR count). The van der Waals surface area contributed by atoms with Gasteiger partial charge in [0.25, 0.3) is 5.69 Å². The average molecular weight is 402 g/mol. The van der Waals surface area contributed by atoms with Crippen LogP contribution in [0.25, 0.3) is 10.9 Å². The maximum atomic E-state index is 11.3. The third-order valence-electron chi connectivity index (χ3n) is 8.02. The molecule has 1 heterocycles. The zero-order valence-electron chi connectivity index (χ0n) is 16.9. The molecule has 1 aromatic heterocycles. The zero-order valence-corrected chi connectivity index (χ0v) is 16.9. The summed E-state index contributed by atoms with van der Waals surface area (Å²) in [6.07, 6.45) is 8.43. The Morgan fingerprint density at radius 3 is 2.37 bits per heavy atom. The topological polar surface area (TPSA) is 79.2 Å². The lowest BCUT2D eigenvalue weighted by Crippen LogP contribution is -2.49. The number of nitro groups is 1. The first-order valence-corrected chi connectivity index (χ1v) is 11.1. The summed E-state index contributed by atoms with van der Waals surface area (Å²) in [7, 11) is 0. The van der Waals surface area contributed by atoms with E-state index in [-0.39, 0.29) is 16.9 Å². The monoisotopic (exact) mass is 402 g/mol. The maximum absolute atomic E-state index is 11.3. The highest BCUT2D eigenvalue weighted by molar-refractivity contribution is 5.85. The fourth-order valence-corrected chi connectivity index (χ4v) is 7.27. The van der Waals surface area contributed by atoms with Gasteiger partial charge in [0.2, 0.25) is 0 Å². The molecule has 4 fully saturated rings. The molecule has 5 nitrogen and oxygen atoms in total. The van der Waals surface area contributed by atoms with Gasteiger partial charge in [0.15, 0.2) is 0 Å². The van der Waals surface area contributed by atoms with Crippen LogP contribution in [-0.2, 0) is 11.8 Å². The van der Waals surface area contributed by atoms with Gasteiger partial charge in [0.05, 0.1) is 4.92 Å². The molecule has 0 amide bonds. The quantitative estimate of drug-likeness (QED) is 0.425. The Kier molecular flexibility index (Phi) is 3.80. The van der Waals surface area contributed by atoms with Crippen LogP contribution in [0.2, 0.25) is 0 Å². The lowest BCUT2D eigenvalue weighted by Gasteiger charge is -2.57. The minimum atomic E-state index is -0.391. The number of nitrogens with one attached hydrogen (secondary N) is 1. The van der Waals surface area contributed by atoms with Crippen molar-refractivity contribution in [3.63, 3.8) is 0 Å². The molecule has 4 aliphatic carbocycles. The number of benzene rings is 2. The van der Waals surface area contributed by atoms with Gasteiger partial charge in [-0.05, 0) is 74.0 Å². The highest BCUT2D eigenvalue weighted by Gasteiger charge is 2.53. The van der Waals surface area contributed by atoms with E-state index in [0.29, 0.717) is 12.0 Å². The van der Waals surface area contributed by atoms with E-state index >= 15 is 0 Å². The van der Waals surface area contributed by atoms with Crippen molar-refractivity contribution in [2.75, 3.05) is 0 Å². The van der Waals surface area contributed by atoms with Crippen molar-refractivity contribution in [3.05, 3.63) is 69.4 Å². The molecular weight excluding hydrogens is 376 g/mol. The lowest BCUT2D eigenvalue weighted by atomic mass is 9.48. The van der Waals surface area contributed by atoms with Crippen LogP contribution < -0.4 is 0 Å². The molecule has 0 spiro atoms. The van der Waals surface area contributed by atoms with E-state index in [0.717, 1.165) is 23.3 Å². The highest BCUT2D eigenvalue weighted by Crippen LogP contribution is 2.61. The van der Waals surface area contributed by atoms with Crippen molar-refractivity contribution < 1.29 is 10.0 Å². The largest absolute Gasteiger partial charge is 0.508 e. The number of aromatic hydroxyl groups is 1. The van der Waals surface area contributed by atoms with Gasteiger partial charge in [-0.15, -0.1) is 0 Å². The molecule has 154 valence electrons. The molecule has 4 saturated carbocycles. The molecular formula is C25H26N2O3. The number of hydrogen-bond acceptors (Lipinski definition) is 3. The van der Waals surface area contributed by atoms with Crippen molar-refractivity contribution in [2.24, 2.45) is 17.8 Å². The Bertz CT molecular complexity index is 1130. The van der Waals surface area contributed by atoms with E-state index in [2.05, 4.69) is 29.2 Å². The standard InChI is InChI=1S/C25H26N2O3/c28-23-6-5-19(27(29)30)10-18(23)11-21-20-3-1-2-4-22(20)26-24(21)25-12-15-7-16(13-25)9-17(8-15)14-25/h1-6,10,15-17,26,28H,7-9,11-14H2. The lowest BCUT2D eigenvalue weighted by molar-refractivity contribution is -0.384. The molecule has 4 aliphatic rings. The predicted octanol–water partition coefficient (Wildman–Crippen LogP) is 5.84. The van der Waals surface area contributed by atoms with Gasteiger partial charge in [-0.2, -0.15) is 0 Å². The Labute approximate surface area is 175 Å². The summed E-state index contributed by atoms with van der Waals surface area (Å²) in [6.45, 7) is 0. The van der Waals surface area contributed by atoms with Crippen LogP contribution in [0.3, 0.4) is 0 Å². The molecule has 0 radical (unpaired) electrons. The van der Waals surface area contributed by atoms with E-state index in [1.165, 1.54) is 73.4 Å². The first kappa shape index (κ1) is 18.0. The second-order valence-corrected chi connectivity index (χ2v) is 9.97. The number of non-ortho nitro benzene ring substituents is 1. The van der Waals surface area contributed by atoms with E-state index in [1.54, 1.807) is 0 Å². The van der Waals surface area contributed by atoms with Crippen LogP contribution in [0.4, 0.5) is 5.69 Å². The Morgan fingerprint density at radius 2 is 1.70 bits per heavy atom. The van der Waals surface area contributed by atoms with Crippen molar-refractivity contribution in [1.82, 2.24) is 4.98 Å². The number of fused-ring (bicyclic) bond motifs is 1. The van der Waals surface area contributed by atoms with Gasteiger partial charge in [0.1, 0.15) is 5.75 Å². The number of nitro benzene ring substituents is 1. The number of aromatic amines is 1. The minimum Gasteiger partial charge on any atom is -0.508 e. The van der Waals surface area contributed by atoms with Gasteiger partial charge >= 0.3 is 0 Å². The Hall–Kier alpha value is -2.82. The fraction of sp³-hybridized carbons (Fsp3) is 0.440. The third kappa shape index (κ3) is 2.68. The fourth-order valence-electron chi connectivity index (χ4n) is 7.27. The number of hydrogen-bond donors (Lipinski definition) is 2. The van der Waals surface area contributed by atoms with Crippen molar-refractivity contribution >= 4 is 16.6 Å². The molecule has 0 saturated heterocycles. The second-order valence-electron chi connectivity index (χ2n) is 9.97. The predicted molar refractivity (Wildman–Crippen MR) is 116 cm³/mol. The first-order valence-electron chi connectivity index (χ1n) is 11.1. The summed E-state index contributed by atoms with van der Waals surface area (Å²) in [5, 5.41) is 22.9. The summed E-state index contributed by atoms with van der Waals surface area (Å²) in [5.41, 5.74) is 4.51. The Morgan fingerprint density at radius 1 is 1.03 bits per heavy atom. The van der Waals surface area contributed by atoms with E-state index in [9.17, 15) is 15.2 Å². The van der Waals surface area contributed by atoms with Crippen LogP contribution in [0, 0.1) is 27.9 Å². The van der Waals surface area contributed by atoms with E-state index < -0.39 is 4.92 Å². The number of nitrogens with zero attached hydrogens (tertiary/aromatic N) is 1. The molecule has 30 heavy (non-hydrogen) atoms. The summed E-state index contributed by atoms with van der Waals surface area (Å²) in [5.74, 6) is 2.63. The number of aromatic nitrogens is 1. The van der Waals surface area contributed by atoms with E-state index in [1.807, 2.05) is 0 Å². The second kappa shape index (κ2) is 6.34. The molecule has 3 aromatic rings. The van der Waals surface area contributed by atoms with Crippen LogP contribution in [-0.4, -0.2) is 15.0 Å². The first-order chi connectivity index (χ1) is 14.5. The van der Waals surface area contributed by atoms with Crippen molar-refractivity contribution in [3.8, 4) is 5.75 Å². The maximum Gasteiger partial charge on any atom is 0.269 e. The van der Waals surface area contributed by atoms with Crippen molar-refractivity contribution in [2.45, 2.75) is 50.4 Å². The normalized spacial score (nSPS) is 29.5. The van der Waals surface area contributed by atoms with Crippen LogP contribution in [0.15, 0.2) is 42.5 Å². The summed E-state index contributed by atoms with van der Waals surface area (Å²) >= 11 is 0. The highest BCUT2D eigenvalue weighted by atomic mass is 16.6. The van der Waals surface area contributed by atoms with Gasteiger partial charge < -0.3 is 10.1 Å². The summed E-state index contributed by atoms with van der Waals surface area (Å²) in [4.78, 5) is 14.7. The van der Waals surface area contributed by atoms with Gasteiger partial charge in [0, 0.05) is 46.1 Å². The SMILES string of the molecule is O=[N+]([O-])c1ccc(O)c(Cc2c(C34CC5CC(CC(C5)C3)C4)[nH]c3ccccc23)c1. The molecule has 0 atom stereocenters. The van der Waals surface area contributed by atoms with Gasteiger partial charge in [-0.1, -0.05) is 18.2 Å². The number of phenolic OH excluding ortho intramolecular Hbond substituents is 1. The molecule has 0 aliphatic heterocycles. The summed E-state index contributed by atoms with van der Waals surface area (Å²) < 4.78 is 0. The van der Waals surface area contributed by atoms with Crippen LogP contribution in [0.1, 0.15) is 55.3 Å². The smallest absolute Gasteiger partial charge is 0.269 e. The van der Waals surface area contributed by atoms with Crippen molar-refractivity contribution in [1.29, 1.82) is 0 Å². The summed E-state index contributed by atoms with van der Waals surface area (Å²) in [6, 6.07) is 12.7. The minimum absolute atomic E-state index is 0.0268.